The predicted octanol–water partition coefficient (Wildman–Crippen LogP) is 5.38. The number of rotatable bonds is 11. The van der Waals surface area contributed by atoms with Gasteiger partial charge in [-0.15, -0.1) is 12.4 Å². The number of likely N-dealkylation sites (tertiary alicyclic amines) is 1. The fourth-order valence-corrected chi connectivity index (χ4v) is 5.67. The summed E-state index contributed by atoms with van der Waals surface area (Å²) in [5.74, 6) is -0.525. The highest BCUT2D eigenvalue weighted by Gasteiger charge is 2.39. The van der Waals surface area contributed by atoms with Crippen molar-refractivity contribution in [2.75, 3.05) is 19.6 Å². The van der Waals surface area contributed by atoms with Crippen LogP contribution in [0.1, 0.15) is 51.2 Å². The van der Waals surface area contributed by atoms with Crippen LogP contribution in [-0.2, 0) is 27.3 Å². The molecule has 3 aromatic carbocycles. The molecule has 3 amide bonds. The van der Waals surface area contributed by atoms with Crippen molar-refractivity contribution in [3.05, 3.63) is 82.3 Å². The lowest BCUT2D eigenvalue weighted by Gasteiger charge is -2.31. The van der Waals surface area contributed by atoms with E-state index in [4.69, 9.17) is 0 Å². The van der Waals surface area contributed by atoms with Crippen LogP contribution < -0.4 is 16.0 Å². The maximum atomic E-state index is 13.5. The van der Waals surface area contributed by atoms with E-state index >= 15 is 0 Å². The SMILES string of the molecule is CC(C)(C)C(=O)N1CCC[C@H]1C(=O)N[C@H](Cc1ccc2ccccc2c1)C(=O)NCCCNCc1cccc(Br)c1.Cl. The maximum Gasteiger partial charge on any atom is 0.243 e. The van der Waals surface area contributed by atoms with Crippen molar-refractivity contribution in [1.82, 2.24) is 20.9 Å². The number of amides is 3. The van der Waals surface area contributed by atoms with Gasteiger partial charge in [0.1, 0.15) is 12.1 Å². The lowest BCUT2D eigenvalue weighted by Crippen LogP contribution is -2.55. The molecule has 226 valence electrons. The molecule has 7 nitrogen and oxygen atoms in total. The van der Waals surface area contributed by atoms with Gasteiger partial charge >= 0.3 is 0 Å². The van der Waals surface area contributed by atoms with Crippen molar-refractivity contribution in [3.63, 3.8) is 0 Å². The van der Waals surface area contributed by atoms with E-state index in [0.29, 0.717) is 25.9 Å². The first-order valence-electron chi connectivity index (χ1n) is 14.4. The van der Waals surface area contributed by atoms with Gasteiger partial charge in [0.15, 0.2) is 0 Å². The molecule has 0 radical (unpaired) electrons. The number of carbonyl (C=O) groups is 3. The molecule has 1 fully saturated rings. The van der Waals surface area contributed by atoms with Gasteiger partial charge < -0.3 is 20.9 Å². The summed E-state index contributed by atoms with van der Waals surface area (Å²) in [7, 11) is 0. The Bertz CT molecular complexity index is 1380. The van der Waals surface area contributed by atoms with Gasteiger partial charge in [-0.1, -0.05) is 91.3 Å². The zero-order valence-corrected chi connectivity index (χ0v) is 27.0. The number of fused-ring (bicyclic) bond motifs is 1. The number of nitrogens with one attached hydrogen (secondary N) is 3. The first kappa shape index (κ1) is 33.6. The maximum absolute atomic E-state index is 13.5. The molecular formula is C33H42BrClN4O3. The van der Waals surface area contributed by atoms with Gasteiger partial charge in [0, 0.05) is 35.9 Å². The zero-order valence-electron chi connectivity index (χ0n) is 24.6. The summed E-state index contributed by atoms with van der Waals surface area (Å²) in [6.45, 7) is 8.15. The van der Waals surface area contributed by atoms with Crippen LogP contribution in [0.4, 0.5) is 0 Å². The van der Waals surface area contributed by atoms with Crippen LogP contribution in [0.25, 0.3) is 10.8 Å². The van der Waals surface area contributed by atoms with Crippen molar-refractivity contribution >= 4 is 56.8 Å². The number of carbonyl (C=O) groups excluding carboxylic acids is 3. The van der Waals surface area contributed by atoms with E-state index < -0.39 is 17.5 Å². The van der Waals surface area contributed by atoms with Crippen molar-refractivity contribution in [3.8, 4) is 0 Å². The van der Waals surface area contributed by atoms with E-state index in [9.17, 15) is 14.4 Å². The van der Waals surface area contributed by atoms with Crippen molar-refractivity contribution < 1.29 is 14.4 Å². The number of hydrogen-bond acceptors (Lipinski definition) is 4. The van der Waals surface area contributed by atoms with Crippen molar-refractivity contribution in [2.24, 2.45) is 5.41 Å². The first-order chi connectivity index (χ1) is 19.6. The average molecular weight is 658 g/mol. The Morgan fingerprint density at radius 1 is 0.952 bits per heavy atom. The molecule has 0 bridgehead atoms. The summed E-state index contributed by atoms with van der Waals surface area (Å²) >= 11 is 3.49. The van der Waals surface area contributed by atoms with E-state index in [2.05, 4.69) is 56.1 Å². The van der Waals surface area contributed by atoms with Crippen LogP contribution in [-0.4, -0.2) is 54.3 Å². The van der Waals surface area contributed by atoms with E-state index in [1.165, 1.54) is 5.56 Å². The van der Waals surface area contributed by atoms with Crippen LogP contribution in [0.15, 0.2) is 71.2 Å². The van der Waals surface area contributed by atoms with Gasteiger partial charge in [-0.3, -0.25) is 14.4 Å². The molecule has 0 saturated carbocycles. The molecule has 3 N–H and O–H groups in total. The highest BCUT2D eigenvalue weighted by atomic mass is 79.9. The molecule has 1 heterocycles. The van der Waals surface area contributed by atoms with Gasteiger partial charge in [0.05, 0.1) is 0 Å². The normalized spacial score (nSPS) is 15.6. The molecular weight excluding hydrogens is 616 g/mol. The van der Waals surface area contributed by atoms with Crippen molar-refractivity contribution in [2.45, 2.75) is 65.1 Å². The van der Waals surface area contributed by atoms with Gasteiger partial charge in [0.25, 0.3) is 0 Å². The van der Waals surface area contributed by atoms with Gasteiger partial charge in [-0.2, -0.15) is 0 Å². The third-order valence-corrected chi connectivity index (χ3v) is 7.89. The Kier molecular flexibility index (Phi) is 12.4. The molecule has 1 aliphatic rings. The van der Waals surface area contributed by atoms with Gasteiger partial charge in [0.2, 0.25) is 17.7 Å². The minimum atomic E-state index is -0.745. The van der Waals surface area contributed by atoms with Crippen LogP contribution in [0.5, 0.6) is 0 Å². The topological polar surface area (TPSA) is 90.5 Å². The molecule has 1 aliphatic heterocycles. The quantitative estimate of drug-likeness (QED) is 0.242. The zero-order chi connectivity index (χ0) is 29.4. The molecule has 4 rings (SSSR count). The molecule has 0 aliphatic carbocycles. The lowest BCUT2D eigenvalue weighted by atomic mass is 9.94. The summed E-state index contributed by atoms with van der Waals surface area (Å²) in [5.41, 5.74) is 1.58. The van der Waals surface area contributed by atoms with Crippen molar-refractivity contribution in [1.29, 1.82) is 0 Å². The monoisotopic (exact) mass is 656 g/mol. The second-order valence-electron chi connectivity index (χ2n) is 11.8. The fourth-order valence-electron chi connectivity index (χ4n) is 5.22. The minimum Gasteiger partial charge on any atom is -0.354 e. The Morgan fingerprint density at radius 2 is 1.71 bits per heavy atom. The summed E-state index contributed by atoms with van der Waals surface area (Å²) in [5, 5.41) is 11.6. The van der Waals surface area contributed by atoms with E-state index in [1.807, 2.05) is 63.2 Å². The Hall–Kier alpha value is -2.94. The minimum absolute atomic E-state index is 0. The molecule has 42 heavy (non-hydrogen) atoms. The van der Waals surface area contributed by atoms with Crippen LogP contribution in [0, 0.1) is 5.41 Å². The predicted molar refractivity (Wildman–Crippen MR) is 174 cm³/mol. The highest BCUT2D eigenvalue weighted by Crippen LogP contribution is 2.26. The number of halogens is 2. The third kappa shape index (κ3) is 9.28. The molecule has 9 heteroatoms. The second kappa shape index (κ2) is 15.5. The average Bonchev–Trinajstić information content (AvgIpc) is 3.43. The number of benzene rings is 3. The van der Waals surface area contributed by atoms with E-state index in [0.717, 1.165) is 46.7 Å². The third-order valence-electron chi connectivity index (χ3n) is 7.39. The standard InChI is InChI=1S/C33H41BrN4O3.ClH/c1-33(2,3)32(41)38-18-7-13-29(38)31(40)37-28(21-23-14-15-25-10-4-5-11-26(25)19-23)30(39)36-17-8-16-35-22-24-9-6-12-27(34)20-24;/h4-6,9-12,14-15,19-20,28-29,35H,7-8,13,16-18,21-22H2,1-3H3,(H,36,39)(H,37,40);1H/t28-,29+;/m1./s1. The molecule has 1 saturated heterocycles. The molecule has 0 aromatic heterocycles. The van der Waals surface area contributed by atoms with E-state index in [1.54, 1.807) is 4.90 Å². The molecule has 0 unspecified atom stereocenters. The fraction of sp³-hybridized carbons (Fsp3) is 0.424. The molecule has 3 aromatic rings. The summed E-state index contributed by atoms with van der Waals surface area (Å²) in [4.78, 5) is 41.6. The Morgan fingerprint density at radius 3 is 2.45 bits per heavy atom. The molecule has 2 atom stereocenters. The second-order valence-corrected chi connectivity index (χ2v) is 12.7. The van der Waals surface area contributed by atoms with Gasteiger partial charge in [-0.05, 0) is 59.8 Å². The highest BCUT2D eigenvalue weighted by molar-refractivity contribution is 9.10. The van der Waals surface area contributed by atoms with Crippen LogP contribution in [0.2, 0.25) is 0 Å². The first-order valence-corrected chi connectivity index (χ1v) is 15.2. The number of hydrogen-bond donors (Lipinski definition) is 3. The smallest absolute Gasteiger partial charge is 0.243 e. The van der Waals surface area contributed by atoms with Gasteiger partial charge in [-0.25, -0.2) is 0 Å². The summed E-state index contributed by atoms with van der Waals surface area (Å²) < 4.78 is 1.05. The Balaban J connectivity index is 0.00000484. The molecule has 0 spiro atoms. The largest absolute Gasteiger partial charge is 0.354 e. The Labute approximate surface area is 263 Å². The number of nitrogens with zero attached hydrogens (tertiary/aromatic N) is 1. The van der Waals surface area contributed by atoms with Crippen LogP contribution in [0.3, 0.4) is 0 Å². The summed E-state index contributed by atoms with van der Waals surface area (Å²) in [6.07, 6.45) is 2.49. The summed E-state index contributed by atoms with van der Waals surface area (Å²) in [6, 6.07) is 21.1. The lowest BCUT2D eigenvalue weighted by molar-refractivity contribution is -0.145. The van der Waals surface area contributed by atoms with Crippen LogP contribution >= 0.6 is 28.3 Å². The van der Waals surface area contributed by atoms with E-state index in [-0.39, 0.29) is 30.1 Å².